The Morgan fingerprint density at radius 3 is 2.48 bits per heavy atom. The average Bonchev–Trinajstić information content (AvgIpc) is 2.93. The van der Waals surface area contributed by atoms with Crippen LogP contribution in [0.4, 0.5) is 17.1 Å². The van der Waals surface area contributed by atoms with E-state index >= 15 is 0 Å². The van der Waals surface area contributed by atoms with Crippen LogP contribution in [0.3, 0.4) is 0 Å². The topological polar surface area (TPSA) is 26.8 Å². The average molecular weight is 458 g/mol. The number of unbranched alkanes of at least 4 members (excludes halogenated alkanes) is 1. The van der Waals surface area contributed by atoms with Gasteiger partial charge in [-0.2, -0.15) is 0 Å². The number of thioether (sulfide) groups is 1. The molecule has 1 fully saturated rings. The van der Waals surface area contributed by atoms with Gasteiger partial charge in [-0.25, -0.2) is 8.51 Å². The zero-order valence-corrected chi connectivity index (χ0v) is 20.7. The molecule has 0 radical (unpaired) electrons. The molecule has 0 N–H and O–H groups in total. The number of para-hydroxylation sites is 1. The van der Waals surface area contributed by atoms with Crippen LogP contribution >= 0.6 is 11.8 Å². The highest BCUT2D eigenvalue weighted by Crippen LogP contribution is 2.43. The number of hydrogen-bond donors (Lipinski definition) is 0. The number of piperidine rings is 1. The molecule has 0 aromatic heterocycles. The molecular formula is C25H35N3OS2. The summed E-state index contributed by atoms with van der Waals surface area (Å²) < 4.78 is 15.9. The smallest absolute Gasteiger partial charge is 0.129 e. The van der Waals surface area contributed by atoms with Gasteiger partial charge in [-0.3, -0.25) is 0 Å². The van der Waals surface area contributed by atoms with Crippen LogP contribution in [0.15, 0.2) is 52.3 Å². The Labute approximate surface area is 194 Å². The predicted octanol–water partition coefficient (Wildman–Crippen LogP) is 6.06. The molecule has 4 nitrogen and oxygen atoms in total. The van der Waals surface area contributed by atoms with Crippen molar-refractivity contribution in [2.75, 3.05) is 42.7 Å². The number of likely N-dealkylation sites (N-methyl/N-ethyl adjacent to an activating group) is 1. The van der Waals surface area contributed by atoms with E-state index in [-0.39, 0.29) is 6.04 Å². The maximum Gasteiger partial charge on any atom is 0.129 e. The second-order valence-electron chi connectivity index (χ2n) is 8.58. The highest BCUT2D eigenvalue weighted by Gasteiger charge is 2.33. The van der Waals surface area contributed by atoms with E-state index in [1.165, 1.54) is 35.5 Å². The molecule has 2 heterocycles. The Bertz CT molecular complexity index is 899. The van der Waals surface area contributed by atoms with E-state index in [4.69, 9.17) is 0 Å². The lowest BCUT2D eigenvalue weighted by Crippen LogP contribution is -2.38. The second kappa shape index (κ2) is 10.4. The minimum Gasteiger partial charge on any atom is -0.371 e. The molecule has 2 aromatic carbocycles. The molecule has 2 aromatic rings. The van der Waals surface area contributed by atoms with E-state index in [9.17, 15) is 4.21 Å². The summed E-state index contributed by atoms with van der Waals surface area (Å²) in [4.78, 5) is 7.13. The van der Waals surface area contributed by atoms with Gasteiger partial charge in [0.25, 0.3) is 0 Å². The van der Waals surface area contributed by atoms with Crippen molar-refractivity contribution in [3.63, 3.8) is 0 Å². The Morgan fingerprint density at radius 1 is 1.06 bits per heavy atom. The van der Waals surface area contributed by atoms with E-state index in [0.717, 1.165) is 49.5 Å². The molecule has 0 aliphatic carbocycles. The van der Waals surface area contributed by atoms with Crippen LogP contribution in [0.25, 0.3) is 0 Å². The maximum atomic E-state index is 13.8. The van der Waals surface area contributed by atoms with E-state index < -0.39 is 11.0 Å². The van der Waals surface area contributed by atoms with Crippen LogP contribution in [0, 0.1) is 0 Å². The van der Waals surface area contributed by atoms with Gasteiger partial charge in [-0.1, -0.05) is 38.0 Å². The second-order valence-corrected chi connectivity index (χ2v) is 10.9. The van der Waals surface area contributed by atoms with Gasteiger partial charge in [-0.05, 0) is 56.2 Å². The Balaban J connectivity index is 1.83. The van der Waals surface area contributed by atoms with Crippen LogP contribution < -0.4 is 9.80 Å². The largest absolute Gasteiger partial charge is 0.371 e. The van der Waals surface area contributed by atoms with Crippen molar-refractivity contribution in [3.8, 4) is 0 Å². The first-order chi connectivity index (χ1) is 15.1. The molecule has 168 valence electrons. The third-order valence-electron chi connectivity index (χ3n) is 6.56. The Hall–Kier alpha value is -1.50. The van der Waals surface area contributed by atoms with Gasteiger partial charge < -0.3 is 9.80 Å². The van der Waals surface area contributed by atoms with Crippen molar-refractivity contribution < 1.29 is 4.21 Å². The molecule has 31 heavy (non-hydrogen) atoms. The van der Waals surface area contributed by atoms with E-state index in [1.54, 1.807) is 11.8 Å². The highest BCUT2D eigenvalue weighted by molar-refractivity contribution is 7.98. The highest BCUT2D eigenvalue weighted by atomic mass is 32.2. The van der Waals surface area contributed by atoms with Gasteiger partial charge in [0.2, 0.25) is 0 Å². The van der Waals surface area contributed by atoms with Gasteiger partial charge >= 0.3 is 0 Å². The summed E-state index contributed by atoms with van der Waals surface area (Å²) in [5.41, 5.74) is 3.53. The zero-order chi connectivity index (χ0) is 21.8. The first kappa shape index (κ1) is 22.7. The fraction of sp³-hybridized carbons (Fsp3) is 0.520. The van der Waals surface area contributed by atoms with Crippen LogP contribution in [-0.2, 0) is 11.0 Å². The number of rotatable bonds is 6. The summed E-state index contributed by atoms with van der Waals surface area (Å²) in [7, 11) is 0.865. The predicted molar refractivity (Wildman–Crippen MR) is 135 cm³/mol. The third kappa shape index (κ3) is 4.81. The summed E-state index contributed by atoms with van der Waals surface area (Å²) in [5.74, 6) is 0. The summed E-state index contributed by atoms with van der Waals surface area (Å²) in [6, 6.07) is 15.4. The van der Waals surface area contributed by atoms with Crippen LogP contribution in [0.5, 0.6) is 0 Å². The molecule has 2 atom stereocenters. The first-order valence-electron chi connectivity index (χ1n) is 11.6. The number of anilines is 3. The van der Waals surface area contributed by atoms with E-state index in [2.05, 4.69) is 69.7 Å². The molecule has 4 rings (SSSR count). The molecule has 0 amide bonds. The lowest BCUT2D eigenvalue weighted by molar-refractivity contribution is 0.369. The summed E-state index contributed by atoms with van der Waals surface area (Å²) in [5, 5.41) is 0. The van der Waals surface area contributed by atoms with Gasteiger partial charge in [0.1, 0.15) is 11.0 Å². The number of benzene rings is 2. The number of hydrogen-bond acceptors (Lipinski definition) is 4. The SMILES string of the molecule is CCCCC1CN(c2ccccc2)c2cc(SC)c(N3CCCCC3)cc2S(=O)N1C. The molecule has 0 bridgehead atoms. The summed E-state index contributed by atoms with van der Waals surface area (Å²) >= 11 is 1.80. The van der Waals surface area contributed by atoms with Crippen molar-refractivity contribution in [2.45, 2.75) is 61.3 Å². The Kier molecular flexibility index (Phi) is 7.62. The quantitative estimate of drug-likeness (QED) is 0.492. The lowest BCUT2D eigenvalue weighted by Gasteiger charge is -2.32. The van der Waals surface area contributed by atoms with Crippen LogP contribution in [0.1, 0.15) is 45.4 Å². The monoisotopic (exact) mass is 457 g/mol. The number of nitrogens with zero attached hydrogens (tertiary/aromatic N) is 3. The standard InChI is InChI=1S/C25H35N3OS2/c1-4-5-12-21-19-28(20-13-8-6-9-14-20)23-17-24(30-3)22(27-15-10-7-11-16-27)18-25(23)31(29)26(21)2/h6,8-9,13-14,17-18,21H,4-5,7,10-12,15-16,19H2,1-3H3. The van der Waals surface area contributed by atoms with Crippen molar-refractivity contribution >= 4 is 39.8 Å². The molecule has 0 spiro atoms. The van der Waals surface area contributed by atoms with Gasteiger partial charge in [0, 0.05) is 43.3 Å². The lowest BCUT2D eigenvalue weighted by atomic mass is 10.1. The molecule has 2 aliphatic heterocycles. The molecule has 6 heteroatoms. The first-order valence-corrected chi connectivity index (χ1v) is 13.9. The van der Waals surface area contributed by atoms with E-state index in [1.807, 2.05) is 7.05 Å². The van der Waals surface area contributed by atoms with Crippen molar-refractivity contribution in [2.24, 2.45) is 0 Å². The van der Waals surface area contributed by atoms with Crippen molar-refractivity contribution in [1.29, 1.82) is 0 Å². The molecule has 2 unspecified atom stereocenters. The third-order valence-corrected chi connectivity index (χ3v) is 8.86. The summed E-state index contributed by atoms with van der Waals surface area (Å²) in [6.45, 7) is 5.27. The van der Waals surface area contributed by atoms with Crippen molar-refractivity contribution in [3.05, 3.63) is 42.5 Å². The molecule has 2 aliphatic rings. The fourth-order valence-corrected chi connectivity index (χ4v) is 6.65. The van der Waals surface area contributed by atoms with Crippen LogP contribution in [-0.4, -0.2) is 47.5 Å². The number of fused-ring (bicyclic) bond motifs is 1. The Morgan fingerprint density at radius 2 is 1.81 bits per heavy atom. The normalized spacial score (nSPS) is 22.3. The van der Waals surface area contributed by atoms with Gasteiger partial charge in [0.15, 0.2) is 0 Å². The minimum atomic E-state index is -1.17. The maximum absolute atomic E-state index is 13.8. The van der Waals surface area contributed by atoms with Gasteiger partial charge in [0.05, 0.1) is 16.3 Å². The molecule has 1 saturated heterocycles. The fourth-order valence-electron chi connectivity index (χ4n) is 4.71. The van der Waals surface area contributed by atoms with Gasteiger partial charge in [-0.15, -0.1) is 11.8 Å². The van der Waals surface area contributed by atoms with E-state index in [0.29, 0.717) is 0 Å². The van der Waals surface area contributed by atoms with Crippen LogP contribution in [0.2, 0.25) is 0 Å². The molecular weight excluding hydrogens is 422 g/mol. The zero-order valence-electron chi connectivity index (χ0n) is 19.0. The minimum absolute atomic E-state index is 0.254. The van der Waals surface area contributed by atoms with Crippen molar-refractivity contribution in [1.82, 2.24) is 4.31 Å². The molecule has 0 saturated carbocycles. The summed E-state index contributed by atoms with van der Waals surface area (Å²) in [6.07, 6.45) is 9.32.